The third-order valence-electron chi connectivity index (χ3n) is 4.14. The lowest BCUT2D eigenvalue weighted by Crippen LogP contribution is -2.55. The van der Waals surface area contributed by atoms with Crippen LogP contribution in [0, 0.1) is 0 Å². The maximum absolute atomic E-state index is 12.3. The number of benzene rings is 2. The minimum atomic E-state index is -1.79. The summed E-state index contributed by atoms with van der Waals surface area (Å²) in [6.07, 6.45) is 3.11. The second kappa shape index (κ2) is 7.96. The maximum Gasteiger partial charge on any atom is 0.360 e. The molecule has 1 aliphatic rings. The Bertz CT molecular complexity index is 939. The van der Waals surface area contributed by atoms with Crippen LogP contribution in [0.3, 0.4) is 0 Å². The standard InChI is InChI=1S/C21H20N2O5/c1-3-27-20(26)21(2)19(25)23-16-11-10-15(13-17(16)28-21)22-18(24)12-9-14-7-5-4-6-8-14/h4-13H,3H2,1-2H3,(H,22,24)(H,23,25). The highest BCUT2D eigenvalue weighted by Gasteiger charge is 2.48. The SMILES string of the molecule is CCOC(=O)C1(C)Oc2cc(NC(=O)C=Cc3ccccc3)ccc2NC1=O. The van der Waals surface area contributed by atoms with E-state index in [1.54, 1.807) is 31.2 Å². The Labute approximate surface area is 162 Å². The molecule has 7 heteroatoms. The molecule has 0 aromatic heterocycles. The number of carbonyl (C=O) groups excluding carboxylic acids is 3. The molecular formula is C21H20N2O5. The van der Waals surface area contributed by atoms with Gasteiger partial charge in [-0.3, -0.25) is 9.59 Å². The Morgan fingerprint density at radius 2 is 1.96 bits per heavy atom. The lowest BCUT2D eigenvalue weighted by Gasteiger charge is -2.32. The van der Waals surface area contributed by atoms with Gasteiger partial charge in [-0.05, 0) is 37.6 Å². The van der Waals surface area contributed by atoms with Crippen LogP contribution in [0.15, 0.2) is 54.6 Å². The van der Waals surface area contributed by atoms with Gasteiger partial charge >= 0.3 is 5.97 Å². The Morgan fingerprint density at radius 1 is 1.21 bits per heavy atom. The lowest BCUT2D eigenvalue weighted by atomic mass is 10.0. The van der Waals surface area contributed by atoms with Gasteiger partial charge in [-0.1, -0.05) is 30.3 Å². The molecule has 1 aliphatic heterocycles. The van der Waals surface area contributed by atoms with Crippen molar-refractivity contribution in [2.24, 2.45) is 0 Å². The van der Waals surface area contributed by atoms with Crippen LogP contribution < -0.4 is 15.4 Å². The largest absolute Gasteiger partial charge is 0.464 e. The van der Waals surface area contributed by atoms with E-state index in [9.17, 15) is 14.4 Å². The third kappa shape index (κ3) is 4.03. The van der Waals surface area contributed by atoms with Gasteiger partial charge in [0, 0.05) is 17.8 Å². The summed E-state index contributed by atoms with van der Waals surface area (Å²) >= 11 is 0. The van der Waals surface area contributed by atoms with Crippen molar-refractivity contribution in [3.05, 3.63) is 60.2 Å². The second-order valence-electron chi connectivity index (χ2n) is 6.25. The van der Waals surface area contributed by atoms with Crippen molar-refractivity contribution in [1.82, 2.24) is 0 Å². The number of hydrogen-bond donors (Lipinski definition) is 2. The van der Waals surface area contributed by atoms with Gasteiger partial charge < -0.3 is 20.1 Å². The van der Waals surface area contributed by atoms with Crippen LogP contribution in [0.4, 0.5) is 11.4 Å². The van der Waals surface area contributed by atoms with Crippen LogP contribution in [-0.2, 0) is 19.1 Å². The average molecular weight is 380 g/mol. The molecule has 0 saturated heterocycles. The molecule has 0 saturated carbocycles. The molecular weight excluding hydrogens is 360 g/mol. The van der Waals surface area contributed by atoms with Crippen molar-refractivity contribution < 1.29 is 23.9 Å². The molecule has 0 bridgehead atoms. The third-order valence-corrected chi connectivity index (χ3v) is 4.14. The number of esters is 1. The zero-order valence-electron chi connectivity index (χ0n) is 15.5. The van der Waals surface area contributed by atoms with Crippen LogP contribution >= 0.6 is 0 Å². The predicted octanol–water partition coefficient (Wildman–Crippen LogP) is 2.99. The van der Waals surface area contributed by atoms with Crippen LogP contribution in [0.25, 0.3) is 6.08 Å². The molecule has 7 nitrogen and oxygen atoms in total. The Balaban J connectivity index is 1.75. The van der Waals surface area contributed by atoms with E-state index in [0.29, 0.717) is 11.4 Å². The van der Waals surface area contributed by atoms with Gasteiger partial charge in [0.1, 0.15) is 5.75 Å². The van der Waals surface area contributed by atoms with Gasteiger partial charge in [-0.2, -0.15) is 0 Å². The number of nitrogens with one attached hydrogen (secondary N) is 2. The van der Waals surface area contributed by atoms with E-state index in [0.717, 1.165) is 5.56 Å². The van der Waals surface area contributed by atoms with Crippen molar-refractivity contribution >= 4 is 35.2 Å². The van der Waals surface area contributed by atoms with Gasteiger partial charge in [0.25, 0.3) is 11.5 Å². The van der Waals surface area contributed by atoms with Gasteiger partial charge in [-0.25, -0.2) is 4.79 Å². The first kappa shape index (κ1) is 19.2. The molecule has 1 heterocycles. The Hall–Kier alpha value is -3.61. The van der Waals surface area contributed by atoms with Crippen LogP contribution in [-0.4, -0.2) is 30.0 Å². The molecule has 1 atom stereocenters. The fraction of sp³-hybridized carbons (Fsp3) is 0.190. The van der Waals surface area contributed by atoms with Gasteiger partial charge in [0.2, 0.25) is 5.91 Å². The van der Waals surface area contributed by atoms with Crippen LogP contribution in [0.2, 0.25) is 0 Å². The lowest BCUT2D eigenvalue weighted by molar-refractivity contribution is -0.165. The number of ether oxygens (including phenoxy) is 2. The van der Waals surface area contributed by atoms with Gasteiger partial charge in [0.15, 0.2) is 0 Å². The zero-order valence-corrected chi connectivity index (χ0v) is 15.5. The molecule has 28 heavy (non-hydrogen) atoms. The summed E-state index contributed by atoms with van der Waals surface area (Å²) in [4.78, 5) is 36.5. The molecule has 2 amide bonds. The van der Waals surface area contributed by atoms with Gasteiger partial charge in [-0.15, -0.1) is 0 Å². The smallest absolute Gasteiger partial charge is 0.360 e. The number of hydrogen-bond acceptors (Lipinski definition) is 5. The van der Waals surface area contributed by atoms with Crippen molar-refractivity contribution in [1.29, 1.82) is 0 Å². The number of carbonyl (C=O) groups is 3. The molecule has 0 fully saturated rings. The quantitative estimate of drug-likeness (QED) is 0.472. The first-order valence-corrected chi connectivity index (χ1v) is 8.78. The first-order chi connectivity index (χ1) is 13.4. The van der Waals surface area contributed by atoms with E-state index in [-0.39, 0.29) is 18.3 Å². The van der Waals surface area contributed by atoms with Crippen LogP contribution in [0.1, 0.15) is 19.4 Å². The molecule has 0 aliphatic carbocycles. The van der Waals surface area contributed by atoms with E-state index >= 15 is 0 Å². The summed E-state index contributed by atoms with van der Waals surface area (Å²) in [5.41, 5.74) is -0.0217. The summed E-state index contributed by atoms with van der Waals surface area (Å²) in [5.74, 6) is -1.45. The minimum absolute atomic E-state index is 0.127. The number of amides is 2. The topological polar surface area (TPSA) is 93.7 Å². The van der Waals surface area contributed by atoms with Crippen molar-refractivity contribution in [3.63, 3.8) is 0 Å². The summed E-state index contributed by atoms with van der Waals surface area (Å²) in [5, 5.41) is 5.35. The van der Waals surface area contributed by atoms with Gasteiger partial charge in [0.05, 0.1) is 12.3 Å². The number of rotatable bonds is 5. The zero-order chi connectivity index (χ0) is 20.1. The highest BCUT2D eigenvalue weighted by atomic mass is 16.6. The van der Waals surface area contributed by atoms with E-state index in [2.05, 4.69) is 10.6 Å². The van der Waals surface area contributed by atoms with E-state index in [1.165, 1.54) is 13.0 Å². The van der Waals surface area contributed by atoms with Crippen molar-refractivity contribution in [3.8, 4) is 5.75 Å². The Morgan fingerprint density at radius 3 is 2.68 bits per heavy atom. The maximum atomic E-state index is 12.3. The molecule has 0 radical (unpaired) electrons. The average Bonchev–Trinajstić information content (AvgIpc) is 2.68. The molecule has 144 valence electrons. The minimum Gasteiger partial charge on any atom is -0.464 e. The van der Waals surface area contributed by atoms with Crippen LogP contribution in [0.5, 0.6) is 5.75 Å². The number of anilines is 2. The second-order valence-corrected chi connectivity index (χ2v) is 6.25. The van der Waals surface area contributed by atoms with E-state index in [1.807, 2.05) is 30.3 Å². The molecule has 2 aromatic rings. The summed E-state index contributed by atoms with van der Waals surface area (Å²) in [6.45, 7) is 3.12. The highest BCUT2D eigenvalue weighted by Crippen LogP contribution is 2.36. The Kier molecular flexibility index (Phi) is 5.44. The summed E-state index contributed by atoms with van der Waals surface area (Å²) < 4.78 is 10.6. The molecule has 2 N–H and O–H groups in total. The normalized spacial score (nSPS) is 18.0. The predicted molar refractivity (Wildman–Crippen MR) is 105 cm³/mol. The van der Waals surface area contributed by atoms with Crippen molar-refractivity contribution in [2.75, 3.05) is 17.2 Å². The van der Waals surface area contributed by atoms with E-state index in [4.69, 9.17) is 9.47 Å². The summed E-state index contributed by atoms with van der Waals surface area (Å²) in [7, 11) is 0. The molecule has 1 unspecified atom stereocenters. The fourth-order valence-electron chi connectivity index (χ4n) is 2.62. The fourth-order valence-corrected chi connectivity index (χ4v) is 2.62. The molecule has 0 spiro atoms. The van der Waals surface area contributed by atoms with Crippen molar-refractivity contribution in [2.45, 2.75) is 19.4 Å². The highest BCUT2D eigenvalue weighted by molar-refractivity contribution is 6.14. The van der Waals surface area contributed by atoms with E-state index < -0.39 is 17.5 Å². The summed E-state index contributed by atoms with van der Waals surface area (Å²) in [6, 6.07) is 14.2. The monoisotopic (exact) mass is 380 g/mol. The first-order valence-electron chi connectivity index (χ1n) is 8.78. The number of fused-ring (bicyclic) bond motifs is 1. The molecule has 2 aromatic carbocycles. The molecule has 3 rings (SSSR count).